The normalized spacial score (nSPS) is 48.9. The minimum Gasteiger partial charge on any atom is -0.462 e. The molecule has 0 aromatic rings. The molecule has 4 aliphatic heterocycles. The van der Waals surface area contributed by atoms with Crippen molar-refractivity contribution >= 4 is 5.97 Å². The first-order valence-electron chi connectivity index (χ1n) is 15.8. The van der Waals surface area contributed by atoms with Crippen LogP contribution in [0, 0.1) is 23.7 Å². The van der Waals surface area contributed by atoms with Gasteiger partial charge in [0, 0.05) is 38.2 Å². The molecule has 4 heterocycles. The first-order valence-corrected chi connectivity index (χ1v) is 15.8. The molecule has 9 heteroatoms. The number of allylic oxidation sites excluding steroid dienone is 2. The Balaban J connectivity index is 1.55. The van der Waals surface area contributed by atoms with Crippen molar-refractivity contribution in [3.05, 3.63) is 47.1 Å². The van der Waals surface area contributed by atoms with Gasteiger partial charge in [0.15, 0.2) is 5.79 Å². The quantitative estimate of drug-likeness (QED) is 0.320. The molecule has 1 unspecified atom stereocenters. The molecule has 1 spiro atoms. The largest absolute Gasteiger partial charge is 0.462 e. The smallest absolute Gasteiger partial charge is 0.316 e. The van der Waals surface area contributed by atoms with Crippen molar-refractivity contribution in [2.24, 2.45) is 23.7 Å². The van der Waals surface area contributed by atoms with E-state index in [0.29, 0.717) is 18.4 Å². The molecule has 0 aromatic carbocycles. The Morgan fingerprint density at radius 2 is 1.81 bits per heavy atom. The summed E-state index contributed by atoms with van der Waals surface area (Å²) in [5, 5.41) is 34.5. The van der Waals surface area contributed by atoms with Gasteiger partial charge in [0.25, 0.3) is 0 Å². The highest BCUT2D eigenvalue weighted by molar-refractivity contribution is 5.78. The summed E-state index contributed by atoms with van der Waals surface area (Å²) in [6, 6.07) is 0. The molecule has 0 aromatic heterocycles. The number of ether oxygens (including phenoxy) is 5. The van der Waals surface area contributed by atoms with E-state index in [1.807, 2.05) is 39.8 Å². The van der Waals surface area contributed by atoms with Crippen molar-refractivity contribution in [3.8, 4) is 0 Å². The number of fused-ring (bicyclic) bond motifs is 2. The Bertz CT molecular complexity index is 1170. The van der Waals surface area contributed by atoms with Crippen LogP contribution in [-0.2, 0) is 28.5 Å². The van der Waals surface area contributed by atoms with Crippen molar-refractivity contribution in [3.63, 3.8) is 0 Å². The van der Waals surface area contributed by atoms with Crippen LogP contribution in [0.2, 0.25) is 0 Å². The summed E-state index contributed by atoms with van der Waals surface area (Å²) >= 11 is 0. The van der Waals surface area contributed by atoms with E-state index in [2.05, 4.69) is 13.8 Å². The van der Waals surface area contributed by atoms with E-state index in [0.717, 1.165) is 11.1 Å². The molecule has 43 heavy (non-hydrogen) atoms. The van der Waals surface area contributed by atoms with Crippen LogP contribution in [0.1, 0.15) is 67.2 Å². The Morgan fingerprint density at radius 1 is 1.07 bits per heavy atom. The summed E-state index contributed by atoms with van der Waals surface area (Å²) in [5.41, 5.74) is 0.479. The molecule has 9 nitrogen and oxygen atoms in total. The third-order valence-electron chi connectivity index (χ3n) is 10.3. The highest BCUT2D eigenvalue weighted by Crippen LogP contribution is 2.48. The summed E-state index contributed by atoms with van der Waals surface area (Å²) in [6.45, 7) is 12.0. The third kappa shape index (κ3) is 6.07. The maximum absolute atomic E-state index is 14.1. The van der Waals surface area contributed by atoms with Gasteiger partial charge >= 0.3 is 5.97 Å². The fourth-order valence-electron chi connectivity index (χ4n) is 7.74. The molecular formula is C34H50O9. The summed E-state index contributed by atoms with van der Waals surface area (Å²) in [4.78, 5) is 14.1. The standard InChI is InChI=1S/C34H50O9/c1-18(2)29-22(6)27(35)16-33(43-29)15-25-14-24(42-33)12-11-20(4)28(36)19(3)9-8-10-23-17-40-31-30(39-7)21(5)13-26(32(37)41-25)34(23,31)38/h8-11,13,18-19,22,24-31,35-36,38H,12,14-17H2,1-7H3/b9-8+,20-11+,23-10+/t19-,22-,24+,25-,26-,27-,28-,29+,30+,31+,33?,34+/m0/s1. The molecule has 3 N–H and O–H groups in total. The van der Waals surface area contributed by atoms with Crippen LogP contribution in [0.25, 0.3) is 0 Å². The monoisotopic (exact) mass is 602 g/mol. The molecule has 3 saturated heterocycles. The molecule has 2 bridgehead atoms. The van der Waals surface area contributed by atoms with Crippen molar-refractivity contribution in [2.45, 2.75) is 121 Å². The van der Waals surface area contributed by atoms with Gasteiger partial charge in [-0.25, -0.2) is 0 Å². The number of aliphatic hydroxyl groups is 3. The lowest BCUT2D eigenvalue weighted by molar-refractivity contribution is -0.353. The average Bonchev–Trinajstić information content (AvgIpc) is 3.28. The van der Waals surface area contributed by atoms with E-state index in [1.165, 1.54) is 0 Å². The lowest BCUT2D eigenvalue weighted by Crippen LogP contribution is -2.60. The number of carbonyl (C=O) groups is 1. The van der Waals surface area contributed by atoms with E-state index in [9.17, 15) is 20.1 Å². The van der Waals surface area contributed by atoms with Gasteiger partial charge in [-0.15, -0.1) is 0 Å². The van der Waals surface area contributed by atoms with Gasteiger partial charge in [-0.05, 0) is 42.9 Å². The van der Waals surface area contributed by atoms with Gasteiger partial charge in [-0.1, -0.05) is 58.1 Å². The summed E-state index contributed by atoms with van der Waals surface area (Å²) in [7, 11) is 1.56. The number of hydrogen-bond acceptors (Lipinski definition) is 9. The van der Waals surface area contributed by atoms with Crippen LogP contribution in [0.15, 0.2) is 47.1 Å². The first kappa shape index (κ1) is 32.5. The molecule has 5 aliphatic rings. The van der Waals surface area contributed by atoms with Crippen LogP contribution in [0.4, 0.5) is 0 Å². The van der Waals surface area contributed by atoms with E-state index in [-0.39, 0.29) is 49.4 Å². The lowest BCUT2D eigenvalue weighted by Gasteiger charge is -2.52. The zero-order chi connectivity index (χ0) is 31.3. The fourth-order valence-corrected chi connectivity index (χ4v) is 7.74. The maximum atomic E-state index is 14.1. The van der Waals surface area contributed by atoms with E-state index < -0.39 is 53.8 Å². The second-order valence-corrected chi connectivity index (χ2v) is 13.8. The van der Waals surface area contributed by atoms with Crippen LogP contribution < -0.4 is 0 Å². The Kier molecular flexibility index (Phi) is 9.46. The summed E-state index contributed by atoms with van der Waals surface area (Å²) in [5.74, 6) is -2.82. The van der Waals surface area contributed by atoms with Gasteiger partial charge < -0.3 is 39.0 Å². The molecule has 1 aliphatic carbocycles. The predicted molar refractivity (Wildman–Crippen MR) is 160 cm³/mol. The Hall–Kier alpha value is -1.85. The molecule has 5 rings (SSSR count). The highest BCUT2D eigenvalue weighted by Gasteiger charge is 2.60. The number of aliphatic hydroxyl groups excluding tert-OH is 2. The Labute approximate surface area is 255 Å². The summed E-state index contributed by atoms with van der Waals surface area (Å²) < 4.78 is 31.3. The van der Waals surface area contributed by atoms with Crippen LogP contribution in [-0.4, -0.2) is 89.1 Å². The zero-order valence-corrected chi connectivity index (χ0v) is 26.6. The second-order valence-electron chi connectivity index (χ2n) is 13.8. The van der Waals surface area contributed by atoms with Crippen molar-refractivity contribution < 1.29 is 43.8 Å². The van der Waals surface area contributed by atoms with E-state index >= 15 is 0 Å². The van der Waals surface area contributed by atoms with Crippen molar-refractivity contribution in [2.75, 3.05) is 13.7 Å². The minimum atomic E-state index is -1.67. The van der Waals surface area contributed by atoms with Crippen LogP contribution in [0.3, 0.4) is 0 Å². The number of esters is 1. The minimum absolute atomic E-state index is 0.0733. The molecule has 0 amide bonds. The predicted octanol–water partition coefficient (Wildman–Crippen LogP) is 3.77. The molecular weight excluding hydrogens is 552 g/mol. The lowest BCUT2D eigenvalue weighted by atomic mass is 9.70. The van der Waals surface area contributed by atoms with Crippen LogP contribution >= 0.6 is 0 Å². The van der Waals surface area contributed by atoms with Gasteiger partial charge in [0.05, 0.1) is 31.0 Å². The van der Waals surface area contributed by atoms with Crippen molar-refractivity contribution in [1.82, 2.24) is 0 Å². The Morgan fingerprint density at radius 3 is 2.51 bits per heavy atom. The number of carbonyl (C=O) groups excluding carboxylic acids is 1. The molecule has 0 saturated carbocycles. The molecule has 240 valence electrons. The zero-order valence-electron chi connectivity index (χ0n) is 26.6. The molecule has 12 atom stereocenters. The van der Waals surface area contributed by atoms with E-state index in [4.69, 9.17) is 23.7 Å². The highest BCUT2D eigenvalue weighted by atomic mass is 16.7. The first-order chi connectivity index (χ1) is 20.3. The fraction of sp³-hybridized carbons (Fsp3) is 0.735. The summed E-state index contributed by atoms with van der Waals surface area (Å²) in [6.07, 6.45) is 6.79. The van der Waals surface area contributed by atoms with Gasteiger partial charge in [0.2, 0.25) is 0 Å². The number of hydrogen-bond donors (Lipinski definition) is 3. The molecule has 3 fully saturated rings. The second kappa shape index (κ2) is 12.5. The number of methoxy groups -OCH3 is 1. The average molecular weight is 603 g/mol. The SMILES string of the molecule is CO[C@@H]1C(C)=C[C@H]2C(=O)O[C@H]3C[C@@H](C/C=C(\C)[C@@H](O)[C@@H](C)/C=C/C=C4\CO[C@H]1[C@@]42O)OC1(C3)C[C@H](O)[C@H](C)[C@@H](C(C)C)O1. The van der Waals surface area contributed by atoms with E-state index in [1.54, 1.807) is 25.3 Å². The van der Waals surface area contributed by atoms with Gasteiger partial charge in [-0.3, -0.25) is 4.79 Å². The van der Waals surface area contributed by atoms with Crippen LogP contribution in [0.5, 0.6) is 0 Å². The van der Waals surface area contributed by atoms with Gasteiger partial charge in [0.1, 0.15) is 29.8 Å². The third-order valence-corrected chi connectivity index (χ3v) is 10.3. The van der Waals surface area contributed by atoms with Gasteiger partial charge in [-0.2, -0.15) is 0 Å². The molecule has 0 radical (unpaired) electrons. The van der Waals surface area contributed by atoms with Crippen molar-refractivity contribution in [1.29, 1.82) is 0 Å². The number of rotatable bonds is 2. The topological polar surface area (TPSA) is 124 Å². The maximum Gasteiger partial charge on any atom is 0.316 e.